The molecule has 1 aromatic heterocycles. The molecule has 2 aliphatic rings. The number of carbonyl (C=O) groups is 2. The molecule has 0 spiro atoms. The van der Waals surface area contributed by atoms with Gasteiger partial charge in [-0.1, -0.05) is 30.3 Å². The third-order valence-electron chi connectivity index (χ3n) is 6.21. The van der Waals surface area contributed by atoms with E-state index in [2.05, 4.69) is 15.3 Å². The van der Waals surface area contributed by atoms with Gasteiger partial charge in [-0.2, -0.15) is 13.2 Å². The first-order valence-corrected chi connectivity index (χ1v) is 10.2. The van der Waals surface area contributed by atoms with Gasteiger partial charge in [0.05, 0.1) is 22.1 Å². The van der Waals surface area contributed by atoms with E-state index in [1.807, 2.05) is 24.3 Å². The molecule has 0 saturated heterocycles. The van der Waals surface area contributed by atoms with Crippen molar-refractivity contribution in [2.45, 2.75) is 43.3 Å². The SMILES string of the molecule is O=C(NC1(C(=O)Cc2ccccc2C(F)(F)F)CC1)[C@H]1C[C@@H]1c1nc2ccccc2[nH]1. The molecular weight excluding hydrogens is 407 g/mol. The van der Waals surface area contributed by atoms with Crippen molar-refractivity contribution in [2.75, 3.05) is 0 Å². The molecule has 5 nitrogen and oxygen atoms in total. The molecular formula is C23H20F3N3O2. The van der Waals surface area contributed by atoms with Crippen LogP contribution in [0.2, 0.25) is 0 Å². The number of aromatic nitrogens is 2. The molecule has 2 saturated carbocycles. The Labute approximate surface area is 176 Å². The molecule has 0 bridgehead atoms. The highest BCUT2D eigenvalue weighted by Crippen LogP contribution is 2.48. The lowest BCUT2D eigenvalue weighted by Gasteiger charge is -2.18. The predicted molar refractivity (Wildman–Crippen MR) is 107 cm³/mol. The summed E-state index contributed by atoms with van der Waals surface area (Å²) in [4.78, 5) is 33.3. The highest BCUT2D eigenvalue weighted by molar-refractivity contribution is 5.98. The number of nitrogens with zero attached hydrogens (tertiary/aromatic N) is 1. The van der Waals surface area contributed by atoms with Gasteiger partial charge in [0.2, 0.25) is 5.91 Å². The van der Waals surface area contributed by atoms with Crippen LogP contribution in [-0.4, -0.2) is 27.2 Å². The fourth-order valence-corrected chi connectivity index (χ4v) is 4.16. The van der Waals surface area contributed by atoms with E-state index >= 15 is 0 Å². The molecule has 2 aromatic carbocycles. The van der Waals surface area contributed by atoms with Crippen LogP contribution in [0.4, 0.5) is 13.2 Å². The predicted octanol–water partition coefficient (Wildman–Crippen LogP) is 4.15. The number of amides is 1. The molecule has 3 aromatic rings. The number of alkyl halides is 3. The Morgan fingerprint density at radius 1 is 1.10 bits per heavy atom. The molecule has 0 aliphatic heterocycles. The molecule has 1 heterocycles. The zero-order valence-corrected chi connectivity index (χ0v) is 16.5. The van der Waals surface area contributed by atoms with Crippen molar-refractivity contribution in [3.8, 4) is 0 Å². The maximum absolute atomic E-state index is 13.2. The Morgan fingerprint density at radius 3 is 2.52 bits per heavy atom. The van der Waals surface area contributed by atoms with Gasteiger partial charge in [0.25, 0.3) is 0 Å². The summed E-state index contributed by atoms with van der Waals surface area (Å²) >= 11 is 0. The van der Waals surface area contributed by atoms with Crippen molar-refractivity contribution in [3.63, 3.8) is 0 Å². The van der Waals surface area contributed by atoms with Gasteiger partial charge in [0.1, 0.15) is 5.82 Å². The van der Waals surface area contributed by atoms with E-state index in [-0.39, 0.29) is 35.5 Å². The topological polar surface area (TPSA) is 74.8 Å². The molecule has 8 heteroatoms. The third kappa shape index (κ3) is 3.71. The van der Waals surface area contributed by atoms with Gasteiger partial charge in [-0.05, 0) is 43.0 Å². The van der Waals surface area contributed by atoms with Crippen molar-refractivity contribution in [1.29, 1.82) is 0 Å². The number of imidazole rings is 1. The smallest absolute Gasteiger partial charge is 0.343 e. The lowest BCUT2D eigenvalue weighted by Crippen LogP contribution is -2.45. The Morgan fingerprint density at radius 2 is 1.81 bits per heavy atom. The zero-order valence-electron chi connectivity index (χ0n) is 16.5. The van der Waals surface area contributed by atoms with Gasteiger partial charge in [-0.25, -0.2) is 4.98 Å². The van der Waals surface area contributed by atoms with Crippen LogP contribution in [0.15, 0.2) is 48.5 Å². The minimum Gasteiger partial charge on any atom is -0.343 e. The summed E-state index contributed by atoms with van der Waals surface area (Å²) in [5.74, 6) is -0.187. The molecule has 2 N–H and O–H groups in total. The van der Waals surface area contributed by atoms with Crippen LogP contribution >= 0.6 is 0 Å². The number of rotatable bonds is 6. The van der Waals surface area contributed by atoms with Gasteiger partial charge in [-0.3, -0.25) is 9.59 Å². The number of para-hydroxylation sites is 2. The maximum atomic E-state index is 13.2. The van der Waals surface area contributed by atoms with Crippen molar-refractivity contribution in [1.82, 2.24) is 15.3 Å². The van der Waals surface area contributed by atoms with Gasteiger partial charge in [0.15, 0.2) is 5.78 Å². The second-order valence-corrected chi connectivity index (χ2v) is 8.41. The number of hydrogen-bond acceptors (Lipinski definition) is 3. The molecule has 160 valence electrons. The number of H-pyrrole nitrogens is 1. The zero-order chi connectivity index (χ0) is 21.8. The standard InChI is InChI=1S/C23H20F3N3O2/c24-23(25,26)16-6-2-1-5-13(16)11-19(30)22(9-10-22)29-21(31)15-12-14(15)20-27-17-7-3-4-8-18(17)28-20/h1-8,14-15H,9-12H2,(H,27,28)(H,29,31)/t14-,15-/m0/s1. The number of benzene rings is 2. The molecule has 1 amide bonds. The van der Waals surface area contributed by atoms with E-state index in [0.29, 0.717) is 19.3 Å². The van der Waals surface area contributed by atoms with Crippen molar-refractivity contribution in [3.05, 3.63) is 65.5 Å². The molecule has 2 aliphatic carbocycles. The van der Waals surface area contributed by atoms with E-state index in [1.165, 1.54) is 18.2 Å². The Bertz CT molecular complexity index is 1150. The van der Waals surface area contributed by atoms with Crippen LogP contribution in [0.1, 0.15) is 42.1 Å². The average Bonchev–Trinajstić information content (AvgIpc) is 3.64. The van der Waals surface area contributed by atoms with Crippen LogP contribution in [0, 0.1) is 5.92 Å². The molecule has 5 rings (SSSR count). The minimum atomic E-state index is -4.52. The van der Waals surface area contributed by atoms with E-state index in [4.69, 9.17) is 0 Å². The lowest BCUT2D eigenvalue weighted by molar-refractivity contribution is -0.138. The van der Waals surface area contributed by atoms with Crippen LogP contribution in [-0.2, 0) is 22.2 Å². The number of fused-ring (bicyclic) bond motifs is 1. The first-order chi connectivity index (χ1) is 14.8. The van der Waals surface area contributed by atoms with E-state index in [0.717, 1.165) is 22.9 Å². The fourth-order valence-electron chi connectivity index (χ4n) is 4.16. The molecule has 0 radical (unpaired) electrons. The highest BCUT2D eigenvalue weighted by Gasteiger charge is 2.54. The number of carbonyl (C=O) groups excluding carboxylic acids is 2. The number of ketones is 1. The van der Waals surface area contributed by atoms with E-state index < -0.39 is 17.3 Å². The van der Waals surface area contributed by atoms with Crippen LogP contribution in [0.3, 0.4) is 0 Å². The first-order valence-electron chi connectivity index (χ1n) is 10.2. The number of hydrogen-bond donors (Lipinski definition) is 2. The van der Waals surface area contributed by atoms with Crippen molar-refractivity contribution >= 4 is 22.7 Å². The van der Waals surface area contributed by atoms with Gasteiger partial charge < -0.3 is 10.3 Å². The molecule has 0 unspecified atom stereocenters. The molecule has 2 fully saturated rings. The quantitative estimate of drug-likeness (QED) is 0.621. The Kier molecular flexibility index (Phi) is 4.42. The third-order valence-corrected chi connectivity index (χ3v) is 6.21. The van der Waals surface area contributed by atoms with Crippen molar-refractivity contribution < 1.29 is 22.8 Å². The van der Waals surface area contributed by atoms with E-state index in [9.17, 15) is 22.8 Å². The summed E-state index contributed by atoms with van der Waals surface area (Å²) in [7, 11) is 0. The Balaban J connectivity index is 1.25. The summed E-state index contributed by atoms with van der Waals surface area (Å²) in [6.45, 7) is 0. The number of Topliss-reactive ketones (excluding diaryl/α,β-unsaturated/α-hetero) is 1. The Hall–Kier alpha value is -3.16. The van der Waals surface area contributed by atoms with E-state index in [1.54, 1.807) is 0 Å². The largest absolute Gasteiger partial charge is 0.416 e. The van der Waals surface area contributed by atoms with Gasteiger partial charge in [-0.15, -0.1) is 0 Å². The lowest BCUT2D eigenvalue weighted by atomic mass is 9.97. The fraction of sp³-hybridized carbons (Fsp3) is 0.348. The van der Waals surface area contributed by atoms with Crippen molar-refractivity contribution in [2.24, 2.45) is 5.92 Å². The number of halogens is 3. The highest BCUT2D eigenvalue weighted by atomic mass is 19.4. The maximum Gasteiger partial charge on any atom is 0.416 e. The average molecular weight is 427 g/mol. The van der Waals surface area contributed by atoms with Gasteiger partial charge in [0, 0.05) is 18.3 Å². The molecule has 2 atom stereocenters. The second-order valence-electron chi connectivity index (χ2n) is 8.41. The summed E-state index contributed by atoms with van der Waals surface area (Å²) in [6, 6.07) is 12.7. The molecule has 31 heavy (non-hydrogen) atoms. The van der Waals surface area contributed by atoms with Crippen LogP contribution in [0.25, 0.3) is 11.0 Å². The minimum absolute atomic E-state index is 0.0377. The van der Waals surface area contributed by atoms with Gasteiger partial charge >= 0.3 is 6.18 Å². The summed E-state index contributed by atoms with van der Waals surface area (Å²) in [5, 5.41) is 2.83. The van der Waals surface area contributed by atoms with Crippen LogP contribution in [0.5, 0.6) is 0 Å². The summed E-state index contributed by atoms with van der Waals surface area (Å²) in [5.41, 5.74) is -0.178. The number of nitrogens with one attached hydrogen (secondary N) is 2. The summed E-state index contributed by atoms with van der Waals surface area (Å²) in [6.07, 6.45) is -3.34. The first kappa shape index (κ1) is 19.8. The van der Waals surface area contributed by atoms with Crippen LogP contribution < -0.4 is 5.32 Å². The summed E-state index contributed by atoms with van der Waals surface area (Å²) < 4.78 is 39.7. The second kappa shape index (κ2) is 6.93. The number of aromatic amines is 1. The monoisotopic (exact) mass is 427 g/mol. The normalized spacial score (nSPS) is 21.6.